The normalized spacial score (nSPS) is 16.1. The van der Waals surface area contributed by atoms with E-state index in [0.29, 0.717) is 26.2 Å². The van der Waals surface area contributed by atoms with Crippen molar-refractivity contribution in [3.05, 3.63) is 65.7 Å². The van der Waals surface area contributed by atoms with Crippen molar-refractivity contribution in [3.63, 3.8) is 0 Å². The van der Waals surface area contributed by atoms with Gasteiger partial charge in [-0.15, -0.1) is 0 Å². The Labute approximate surface area is 187 Å². The first-order valence-electron chi connectivity index (χ1n) is 10.6. The van der Waals surface area contributed by atoms with Gasteiger partial charge in [0.15, 0.2) is 0 Å². The largest absolute Gasteiger partial charge is 0.381 e. The van der Waals surface area contributed by atoms with Gasteiger partial charge < -0.3 is 10.1 Å². The first-order chi connectivity index (χ1) is 15.2. The van der Waals surface area contributed by atoms with Gasteiger partial charge in [0.1, 0.15) is 11.6 Å². The highest BCUT2D eigenvalue weighted by molar-refractivity contribution is 7.89. The summed E-state index contributed by atoms with van der Waals surface area (Å²) in [4.78, 5) is 12.4. The fourth-order valence-electron chi connectivity index (χ4n) is 3.86. The Bertz CT molecular complexity index is 1010. The molecule has 3 rings (SSSR count). The summed E-state index contributed by atoms with van der Waals surface area (Å²) in [6, 6.07) is 11.0. The van der Waals surface area contributed by atoms with Crippen molar-refractivity contribution in [3.8, 4) is 0 Å². The zero-order valence-electron chi connectivity index (χ0n) is 18.0. The maximum Gasteiger partial charge on any atom is 0.242 e. The van der Waals surface area contributed by atoms with Crippen LogP contribution in [0.2, 0.25) is 0 Å². The van der Waals surface area contributed by atoms with Crippen LogP contribution in [0.3, 0.4) is 0 Å². The first kappa shape index (κ1) is 24.3. The molecule has 0 unspecified atom stereocenters. The van der Waals surface area contributed by atoms with Crippen LogP contribution < -0.4 is 5.32 Å². The molecule has 1 N–H and O–H groups in total. The summed E-state index contributed by atoms with van der Waals surface area (Å²) < 4.78 is 58.1. The van der Waals surface area contributed by atoms with Crippen molar-refractivity contribution in [1.29, 1.82) is 0 Å². The monoisotopic (exact) mass is 466 g/mol. The maximum atomic E-state index is 13.3. The number of nitrogens with zero attached hydrogens (tertiary/aromatic N) is 1. The molecule has 9 heteroatoms. The number of benzene rings is 2. The van der Waals surface area contributed by atoms with Crippen molar-refractivity contribution in [2.45, 2.75) is 36.0 Å². The number of hydrogen-bond donors (Lipinski definition) is 1. The molecule has 2 aromatic rings. The molecule has 1 fully saturated rings. The predicted molar refractivity (Wildman–Crippen MR) is 117 cm³/mol. The zero-order chi connectivity index (χ0) is 23.2. The van der Waals surface area contributed by atoms with Crippen LogP contribution in [0.5, 0.6) is 0 Å². The van der Waals surface area contributed by atoms with Gasteiger partial charge in [0, 0.05) is 45.2 Å². The number of halogens is 2. The Morgan fingerprint density at radius 2 is 1.59 bits per heavy atom. The lowest BCUT2D eigenvalue weighted by Gasteiger charge is -2.38. The Kier molecular flexibility index (Phi) is 7.97. The second kappa shape index (κ2) is 10.5. The fraction of sp³-hybridized carbons (Fsp3) is 0.435. The summed E-state index contributed by atoms with van der Waals surface area (Å²) in [5.41, 5.74) is 0.650. The van der Waals surface area contributed by atoms with E-state index >= 15 is 0 Å². The molecule has 0 saturated carbocycles. The van der Waals surface area contributed by atoms with Crippen LogP contribution in [-0.4, -0.2) is 52.0 Å². The van der Waals surface area contributed by atoms with Gasteiger partial charge in [-0.1, -0.05) is 12.1 Å². The van der Waals surface area contributed by atoms with E-state index in [1.165, 1.54) is 31.3 Å². The lowest BCUT2D eigenvalue weighted by molar-refractivity contribution is -0.121. The van der Waals surface area contributed by atoms with Crippen LogP contribution in [0.15, 0.2) is 53.4 Å². The molecule has 0 bridgehead atoms. The highest BCUT2D eigenvalue weighted by Gasteiger charge is 2.34. The van der Waals surface area contributed by atoms with E-state index in [-0.39, 0.29) is 35.0 Å². The van der Waals surface area contributed by atoms with Gasteiger partial charge in [0.25, 0.3) is 0 Å². The molecule has 32 heavy (non-hydrogen) atoms. The van der Waals surface area contributed by atoms with Crippen molar-refractivity contribution < 1.29 is 26.7 Å². The van der Waals surface area contributed by atoms with Gasteiger partial charge in [-0.05, 0) is 61.2 Å². The second-order valence-corrected chi connectivity index (χ2v) is 10.1. The molecule has 0 radical (unpaired) electrons. The van der Waals surface area contributed by atoms with Crippen LogP contribution in [0.1, 0.15) is 31.2 Å². The number of hydrogen-bond acceptors (Lipinski definition) is 4. The molecule has 1 amide bonds. The quantitative estimate of drug-likeness (QED) is 0.616. The van der Waals surface area contributed by atoms with E-state index in [0.717, 1.165) is 34.8 Å². The summed E-state index contributed by atoms with van der Waals surface area (Å²) >= 11 is 0. The van der Waals surface area contributed by atoms with E-state index < -0.39 is 15.8 Å². The smallest absolute Gasteiger partial charge is 0.242 e. The third-order valence-electron chi connectivity index (χ3n) is 5.93. The lowest BCUT2D eigenvalue weighted by Crippen LogP contribution is -2.44. The minimum Gasteiger partial charge on any atom is -0.381 e. The molecule has 1 aliphatic rings. The molecule has 0 aliphatic carbocycles. The van der Waals surface area contributed by atoms with Crippen LogP contribution in [0.4, 0.5) is 8.78 Å². The van der Waals surface area contributed by atoms with E-state index in [9.17, 15) is 22.0 Å². The zero-order valence-corrected chi connectivity index (χ0v) is 18.8. The maximum absolute atomic E-state index is 13.3. The molecular weight excluding hydrogens is 438 g/mol. The minimum absolute atomic E-state index is 0.00612. The Morgan fingerprint density at radius 1 is 1.03 bits per heavy atom. The van der Waals surface area contributed by atoms with Gasteiger partial charge >= 0.3 is 0 Å². The highest BCUT2D eigenvalue weighted by atomic mass is 32.2. The third-order valence-corrected chi connectivity index (χ3v) is 7.80. The highest BCUT2D eigenvalue weighted by Crippen LogP contribution is 2.34. The Balaban J connectivity index is 1.52. The summed E-state index contributed by atoms with van der Waals surface area (Å²) in [6.45, 7) is 1.70. The van der Waals surface area contributed by atoms with E-state index in [4.69, 9.17) is 4.74 Å². The number of rotatable bonds is 9. The topological polar surface area (TPSA) is 75.7 Å². The number of carbonyl (C=O) groups is 1. The fourth-order valence-corrected chi connectivity index (χ4v) is 5.07. The summed E-state index contributed by atoms with van der Waals surface area (Å²) in [6.07, 6.45) is 1.95. The van der Waals surface area contributed by atoms with Crippen molar-refractivity contribution in [2.75, 3.05) is 33.4 Å². The Morgan fingerprint density at radius 3 is 2.19 bits per heavy atom. The molecule has 1 saturated heterocycles. The van der Waals surface area contributed by atoms with Crippen LogP contribution in [-0.2, 0) is 25.0 Å². The number of carbonyl (C=O) groups excluding carboxylic acids is 1. The standard InChI is InChI=1S/C23H28F2N2O4S/c1-27(32(29,30)21-10-8-20(25)9-11-21)14-2-3-22(28)26-17-23(12-15-31-16-13-23)18-4-6-19(24)7-5-18/h4-11H,2-3,12-17H2,1H3,(H,26,28). The van der Waals surface area contributed by atoms with Crippen LogP contribution in [0, 0.1) is 11.6 Å². The van der Waals surface area contributed by atoms with Gasteiger partial charge in [-0.2, -0.15) is 0 Å². The first-order valence-corrected chi connectivity index (χ1v) is 12.0. The van der Waals surface area contributed by atoms with Gasteiger partial charge in [0.2, 0.25) is 15.9 Å². The van der Waals surface area contributed by atoms with Crippen molar-refractivity contribution in [2.24, 2.45) is 0 Å². The van der Waals surface area contributed by atoms with Gasteiger partial charge in [-0.3, -0.25) is 4.79 Å². The minimum atomic E-state index is -3.74. The molecule has 0 spiro atoms. The molecule has 2 aromatic carbocycles. The number of sulfonamides is 1. The van der Waals surface area contributed by atoms with Crippen LogP contribution >= 0.6 is 0 Å². The second-order valence-electron chi connectivity index (χ2n) is 8.06. The molecule has 1 heterocycles. The van der Waals surface area contributed by atoms with Gasteiger partial charge in [0.05, 0.1) is 4.90 Å². The predicted octanol–water partition coefficient (Wildman–Crippen LogP) is 3.23. The van der Waals surface area contributed by atoms with Crippen LogP contribution in [0.25, 0.3) is 0 Å². The number of ether oxygens (including phenoxy) is 1. The van der Waals surface area contributed by atoms with Crippen molar-refractivity contribution >= 4 is 15.9 Å². The average Bonchev–Trinajstić information content (AvgIpc) is 2.79. The molecule has 1 aliphatic heterocycles. The summed E-state index contributed by atoms with van der Waals surface area (Å²) in [7, 11) is -2.31. The van der Waals surface area contributed by atoms with E-state index in [1.807, 2.05) is 0 Å². The molecular formula is C23H28F2N2O4S. The summed E-state index contributed by atoms with van der Waals surface area (Å²) in [5.74, 6) is -0.989. The SMILES string of the molecule is CN(CCCC(=O)NCC1(c2ccc(F)cc2)CCOCC1)S(=O)(=O)c1ccc(F)cc1. The van der Waals surface area contributed by atoms with Crippen molar-refractivity contribution in [1.82, 2.24) is 9.62 Å². The molecule has 174 valence electrons. The van der Waals surface area contributed by atoms with E-state index in [1.54, 1.807) is 12.1 Å². The van der Waals surface area contributed by atoms with E-state index in [2.05, 4.69) is 5.32 Å². The third kappa shape index (κ3) is 5.90. The lowest BCUT2D eigenvalue weighted by atomic mass is 9.74. The molecule has 0 aromatic heterocycles. The number of nitrogens with one attached hydrogen (secondary N) is 1. The molecule has 6 nitrogen and oxygen atoms in total. The van der Waals surface area contributed by atoms with Gasteiger partial charge in [-0.25, -0.2) is 21.5 Å². The molecule has 0 atom stereocenters. The summed E-state index contributed by atoms with van der Waals surface area (Å²) in [5, 5.41) is 2.96. The number of amides is 1. The Hall–Kier alpha value is -2.36. The average molecular weight is 467 g/mol.